The van der Waals surface area contributed by atoms with Crippen LogP contribution in [0.25, 0.3) is 0 Å². The van der Waals surface area contributed by atoms with Crippen LogP contribution in [0.2, 0.25) is 0 Å². The van der Waals surface area contributed by atoms with E-state index in [0.29, 0.717) is 12.2 Å². The van der Waals surface area contributed by atoms with Crippen LogP contribution in [0.1, 0.15) is 18.9 Å². The van der Waals surface area contributed by atoms with Crippen molar-refractivity contribution >= 4 is 27.7 Å². The summed E-state index contributed by atoms with van der Waals surface area (Å²) in [5.74, 6) is 0.448. The Bertz CT molecular complexity index is 429. The summed E-state index contributed by atoms with van der Waals surface area (Å²) in [6.45, 7) is 1.99. The van der Waals surface area contributed by atoms with E-state index in [-0.39, 0.29) is 30.2 Å². The number of para-hydroxylation sites is 1. The fourth-order valence-electron chi connectivity index (χ4n) is 1.60. The Labute approximate surface area is 129 Å². The van der Waals surface area contributed by atoms with Gasteiger partial charge in [0.15, 0.2) is 0 Å². The van der Waals surface area contributed by atoms with Crippen LogP contribution in [0.3, 0.4) is 0 Å². The van der Waals surface area contributed by atoms with Gasteiger partial charge in [-0.3, -0.25) is 0 Å². The third kappa shape index (κ3) is 6.37. The van der Waals surface area contributed by atoms with Crippen LogP contribution >= 0.6 is 27.7 Å². The molecule has 20 heavy (non-hydrogen) atoms. The van der Waals surface area contributed by atoms with Crippen molar-refractivity contribution in [2.24, 2.45) is 5.73 Å². The first-order chi connectivity index (χ1) is 9.33. The quantitative estimate of drug-likeness (QED) is 0.723. The fourth-order valence-corrected chi connectivity index (χ4v) is 2.52. The smallest absolute Gasteiger partial charge is 0.441 e. The average Bonchev–Trinajstić information content (AvgIpc) is 2.35. The van der Waals surface area contributed by atoms with Gasteiger partial charge in [0.2, 0.25) is 0 Å². The van der Waals surface area contributed by atoms with Crippen LogP contribution in [0.4, 0.5) is 13.2 Å². The number of ether oxygens (including phenoxy) is 1. The van der Waals surface area contributed by atoms with Crippen molar-refractivity contribution in [3.63, 3.8) is 0 Å². The van der Waals surface area contributed by atoms with Crippen molar-refractivity contribution in [1.82, 2.24) is 0 Å². The van der Waals surface area contributed by atoms with Crippen LogP contribution < -0.4 is 10.5 Å². The fraction of sp³-hybridized carbons (Fsp3) is 0.538. The zero-order chi connectivity index (χ0) is 15.2. The molecule has 0 amide bonds. The molecule has 2 N–H and O–H groups in total. The summed E-state index contributed by atoms with van der Waals surface area (Å²) in [5.41, 5.74) is 2.60. The Morgan fingerprint density at radius 1 is 1.40 bits per heavy atom. The largest absolute Gasteiger partial charge is 0.491 e. The lowest BCUT2D eigenvalue weighted by molar-refractivity contribution is -0.0329. The van der Waals surface area contributed by atoms with Crippen molar-refractivity contribution < 1.29 is 17.9 Å². The lowest BCUT2D eigenvalue weighted by Gasteiger charge is -2.16. The van der Waals surface area contributed by atoms with Gasteiger partial charge in [-0.25, -0.2) is 0 Å². The minimum atomic E-state index is -4.22. The SMILES string of the molecule is CCC(N)Cc1cccc(Br)c1OCCSC(F)(F)F. The molecule has 1 rings (SSSR count). The summed E-state index contributed by atoms with van der Waals surface area (Å²) in [6.07, 6.45) is 1.47. The zero-order valence-electron chi connectivity index (χ0n) is 11.0. The number of benzene rings is 1. The first-order valence-electron chi connectivity index (χ1n) is 6.20. The Morgan fingerprint density at radius 2 is 2.10 bits per heavy atom. The molecule has 0 heterocycles. The third-order valence-electron chi connectivity index (χ3n) is 2.65. The normalized spacial score (nSPS) is 13.3. The minimum absolute atomic E-state index is 0.00114. The molecule has 0 bridgehead atoms. The first-order valence-corrected chi connectivity index (χ1v) is 7.97. The molecule has 2 nitrogen and oxygen atoms in total. The van der Waals surface area contributed by atoms with Gasteiger partial charge < -0.3 is 10.5 Å². The minimum Gasteiger partial charge on any atom is -0.491 e. The summed E-state index contributed by atoms with van der Waals surface area (Å²) in [5, 5.41) is 0. The van der Waals surface area contributed by atoms with Gasteiger partial charge in [-0.1, -0.05) is 19.1 Å². The van der Waals surface area contributed by atoms with E-state index in [9.17, 15) is 13.2 Å². The van der Waals surface area contributed by atoms with Crippen molar-refractivity contribution in [3.05, 3.63) is 28.2 Å². The molecular formula is C13H17BrF3NOS. The van der Waals surface area contributed by atoms with Crippen molar-refractivity contribution in [3.8, 4) is 5.75 Å². The molecule has 0 saturated heterocycles. The number of hydrogen-bond donors (Lipinski definition) is 1. The van der Waals surface area contributed by atoms with E-state index in [1.165, 1.54) is 0 Å². The van der Waals surface area contributed by atoms with E-state index in [0.717, 1.165) is 16.5 Å². The van der Waals surface area contributed by atoms with Crippen LogP contribution in [-0.2, 0) is 6.42 Å². The zero-order valence-corrected chi connectivity index (χ0v) is 13.4. The second kappa shape index (κ2) is 8.14. The molecular weight excluding hydrogens is 355 g/mol. The van der Waals surface area contributed by atoms with Crippen LogP contribution in [-0.4, -0.2) is 23.9 Å². The Kier molecular flexibility index (Phi) is 7.19. The van der Waals surface area contributed by atoms with E-state index in [2.05, 4.69) is 15.9 Å². The summed E-state index contributed by atoms with van der Waals surface area (Å²) in [7, 11) is 0. The van der Waals surface area contributed by atoms with Gasteiger partial charge >= 0.3 is 5.51 Å². The van der Waals surface area contributed by atoms with Gasteiger partial charge in [0.25, 0.3) is 0 Å². The molecule has 1 unspecified atom stereocenters. The average molecular weight is 372 g/mol. The van der Waals surface area contributed by atoms with Gasteiger partial charge in [-0.15, -0.1) is 0 Å². The molecule has 0 aromatic heterocycles. The molecule has 0 spiro atoms. The Balaban J connectivity index is 2.63. The van der Waals surface area contributed by atoms with Gasteiger partial charge in [0, 0.05) is 11.8 Å². The van der Waals surface area contributed by atoms with Crippen LogP contribution in [0, 0.1) is 0 Å². The molecule has 0 aliphatic rings. The molecule has 114 valence electrons. The maximum atomic E-state index is 12.0. The van der Waals surface area contributed by atoms with Gasteiger partial charge in [-0.05, 0) is 52.2 Å². The summed E-state index contributed by atoms with van der Waals surface area (Å²) < 4.78 is 42.3. The number of nitrogens with two attached hydrogens (primary N) is 1. The van der Waals surface area contributed by atoms with Crippen molar-refractivity contribution in [2.75, 3.05) is 12.4 Å². The van der Waals surface area contributed by atoms with Crippen molar-refractivity contribution in [2.45, 2.75) is 31.3 Å². The van der Waals surface area contributed by atoms with E-state index in [1.807, 2.05) is 19.1 Å². The van der Waals surface area contributed by atoms with E-state index >= 15 is 0 Å². The Hall–Kier alpha value is -0.400. The molecule has 1 aromatic rings. The maximum Gasteiger partial charge on any atom is 0.441 e. The second-order valence-electron chi connectivity index (χ2n) is 4.24. The summed E-state index contributed by atoms with van der Waals surface area (Å²) in [6, 6.07) is 5.55. The highest BCUT2D eigenvalue weighted by molar-refractivity contribution is 9.10. The van der Waals surface area contributed by atoms with E-state index in [4.69, 9.17) is 10.5 Å². The third-order valence-corrected chi connectivity index (χ3v) is 3.97. The summed E-state index contributed by atoms with van der Waals surface area (Å²) >= 11 is 3.27. The predicted octanol–water partition coefficient (Wildman–Crippen LogP) is 4.36. The molecule has 7 heteroatoms. The molecule has 1 atom stereocenters. The number of halogens is 4. The highest BCUT2D eigenvalue weighted by Crippen LogP contribution is 2.32. The molecule has 0 radical (unpaired) electrons. The lowest BCUT2D eigenvalue weighted by Crippen LogP contribution is -2.22. The monoisotopic (exact) mass is 371 g/mol. The Morgan fingerprint density at radius 3 is 2.70 bits per heavy atom. The first kappa shape index (κ1) is 17.7. The highest BCUT2D eigenvalue weighted by atomic mass is 79.9. The van der Waals surface area contributed by atoms with Gasteiger partial charge in [0.1, 0.15) is 5.75 Å². The molecule has 0 aliphatic heterocycles. The summed E-state index contributed by atoms with van der Waals surface area (Å²) in [4.78, 5) is 0. The molecule has 0 aliphatic carbocycles. The lowest BCUT2D eigenvalue weighted by atomic mass is 10.0. The predicted molar refractivity (Wildman–Crippen MR) is 80.1 cm³/mol. The van der Waals surface area contributed by atoms with E-state index < -0.39 is 5.51 Å². The van der Waals surface area contributed by atoms with Gasteiger partial charge in [0.05, 0.1) is 11.1 Å². The number of thioether (sulfide) groups is 1. The van der Waals surface area contributed by atoms with Gasteiger partial charge in [-0.2, -0.15) is 13.2 Å². The molecule has 1 aromatic carbocycles. The standard InChI is InChI=1S/C13H17BrF3NOS/c1-2-10(18)8-9-4-3-5-11(14)12(9)19-6-7-20-13(15,16)17/h3-5,10H,2,6-8,18H2,1H3. The van der Waals surface area contributed by atoms with Crippen LogP contribution in [0.5, 0.6) is 5.75 Å². The molecule has 0 fully saturated rings. The molecule has 0 saturated carbocycles. The second-order valence-corrected chi connectivity index (χ2v) is 6.26. The highest BCUT2D eigenvalue weighted by Gasteiger charge is 2.27. The van der Waals surface area contributed by atoms with Crippen LogP contribution in [0.15, 0.2) is 22.7 Å². The number of hydrogen-bond acceptors (Lipinski definition) is 3. The van der Waals surface area contributed by atoms with Crippen molar-refractivity contribution in [1.29, 1.82) is 0 Å². The van der Waals surface area contributed by atoms with E-state index in [1.54, 1.807) is 6.07 Å². The topological polar surface area (TPSA) is 35.2 Å². The number of rotatable bonds is 7. The number of alkyl halides is 3. The maximum absolute atomic E-state index is 12.0.